The highest BCUT2D eigenvalue weighted by atomic mass is 16.4. The molecule has 0 aliphatic carbocycles. The highest BCUT2D eigenvalue weighted by molar-refractivity contribution is 5.95. The monoisotopic (exact) mass is 179 g/mol. The number of carboxylic acids is 1. The minimum Gasteiger partial charge on any atom is -0.548 e. The van der Waals surface area contributed by atoms with Crippen molar-refractivity contribution in [2.45, 2.75) is 0 Å². The Labute approximate surface area is 74.4 Å². The fourth-order valence-corrected chi connectivity index (χ4v) is 0.758. The number of amides is 1. The van der Waals surface area contributed by atoms with E-state index in [2.05, 4.69) is 10.3 Å². The first kappa shape index (κ1) is 9.18. The number of carbonyl (C=O) groups excluding carboxylic acids is 2. The van der Waals surface area contributed by atoms with Gasteiger partial charge in [-0.15, -0.1) is 0 Å². The van der Waals surface area contributed by atoms with Crippen LogP contribution in [-0.4, -0.2) is 23.4 Å². The Morgan fingerprint density at radius 1 is 1.38 bits per heavy atom. The van der Waals surface area contributed by atoms with Crippen molar-refractivity contribution < 1.29 is 14.7 Å². The predicted molar refractivity (Wildman–Crippen MR) is 41.6 cm³/mol. The van der Waals surface area contributed by atoms with Crippen LogP contribution < -0.4 is 10.4 Å². The van der Waals surface area contributed by atoms with Gasteiger partial charge in [-0.2, -0.15) is 0 Å². The van der Waals surface area contributed by atoms with Crippen LogP contribution >= 0.6 is 0 Å². The number of pyridine rings is 1. The van der Waals surface area contributed by atoms with Gasteiger partial charge in [0.05, 0.1) is 12.5 Å². The molecule has 0 radical (unpaired) electrons. The number of rotatable bonds is 3. The highest BCUT2D eigenvalue weighted by Gasteiger charge is 2.02. The van der Waals surface area contributed by atoms with E-state index in [9.17, 15) is 14.7 Å². The molecule has 68 valence electrons. The van der Waals surface area contributed by atoms with Crippen molar-refractivity contribution in [2.75, 3.05) is 6.54 Å². The third kappa shape index (κ3) is 2.90. The minimum absolute atomic E-state index is 0.372. The maximum Gasteiger partial charge on any atom is 0.251 e. The zero-order valence-electron chi connectivity index (χ0n) is 6.69. The van der Waals surface area contributed by atoms with Gasteiger partial charge in [-0.05, 0) is 12.1 Å². The summed E-state index contributed by atoms with van der Waals surface area (Å²) in [4.78, 5) is 24.8. The van der Waals surface area contributed by atoms with Gasteiger partial charge in [0.1, 0.15) is 0 Å². The van der Waals surface area contributed by atoms with Gasteiger partial charge in [0.15, 0.2) is 0 Å². The molecule has 1 N–H and O–H groups in total. The molecule has 0 aromatic carbocycles. The van der Waals surface area contributed by atoms with Gasteiger partial charge in [-0.25, -0.2) is 0 Å². The lowest BCUT2D eigenvalue weighted by molar-refractivity contribution is -0.303. The summed E-state index contributed by atoms with van der Waals surface area (Å²) >= 11 is 0. The smallest absolute Gasteiger partial charge is 0.251 e. The fourth-order valence-electron chi connectivity index (χ4n) is 0.758. The topological polar surface area (TPSA) is 82.1 Å². The standard InChI is InChI=1S/C8H8N2O3/c11-7(12)5-10-8(13)6-1-3-9-4-2-6/h1-4H,5H2,(H,10,13)(H,11,12)/p-1. The number of nitrogens with one attached hydrogen (secondary N) is 1. The maximum atomic E-state index is 11.1. The van der Waals surface area contributed by atoms with Gasteiger partial charge < -0.3 is 15.2 Å². The summed E-state index contributed by atoms with van der Waals surface area (Å²) in [5.41, 5.74) is 0.372. The number of hydrogen-bond acceptors (Lipinski definition) is 4. The summed E-state index contributed by atoms with van der Waals surface area (Å²) in [7, 11) is 0. The normalized spacial score (nSPS) is 9.23. The molecule has 5 nitrogen and oxygen atoms in total. The minimum atomic E-state index is -1.32. The third-order valence-corrected chi connectivity index (χ3v) is 1.34. The van der Waals surface area contributed by atoms with Crippen molar-refractivity contribution in [3.05, 3.63) is 30.1 Å². The van der Waals surface area contributed by atoms with E-state index in [-0.39, 0.29) is 0 Å². The molecule has 0 saturated carbocycles. The van der Waals surface area contributed by atoms with Gasteiger partial charge in [0.25, 0.3) is 5.91 Å². The Hall–Kier alpha value is -1.91. The van der Waals surface area contributed by atoms with Crippen LogP contribution in [0.3, 0.4) is 0 Å². The second-order valence-corrected chi connectivity index (χ2v) is 2.29. The van der Waals surface area contributed by atoms with Crippen molar-refractivity contribution in [2.24, 2.45) is 0 Å². The van der Waals surface area contributed by atoms with E-state index >= 15 is 0 Å². The van der Waals surface area contributed by atoms with Crippen LogP contribution in [0.4, 0.5) is 0 Å². The Morgan fingerprint density at radius 3 is 2.54 bits per heavy atom. The summed E-state index contributed by atoms with van der Waals surface area (Å²) in [6, 6.07) is 2.98. The molecule has 0 spiro atoms. The second-order valence-electron chi connectivity index (χ2n) is 2.29. The van der Waals surface area contributed by atoms with Crippen LogP contribution in [-0.2, 0) is 4.79 Å². The summed E-state index contributed by atoms with van der Waals surface area (Å²) < 4.78 is 0. The van der Waals surface area contributed by atoms with E-state index in [1.54, 1.807) is 0 Å². The quantitative estimate of drug-likeness (QED) is 0.616. The van der Waals surface area contributed by atoms with Crippen molar-refractivity contribution in [3.63, 3.8) is 0 Å². The predicted octanol–water partition coefficient (Wildman–Crippen LogP) is -1.44. The number of aliphatic carboxylic acids is 1. The average Bonchev–Trinajstić information content (AvgIpc) is 2.15. The number of hydrogen-bond donors (Lipinski definition) is 1. The Bertz CT molecular complexity index is 310. The molecule has 0 aliphatic heterocycles. The zero-order valence-corrected chi connectivity index (χ0v) is 6.69. The zero-order chi connectivity index (χ0) is 9.68. The number of carboxylic acid groups (broad SMARTS) is 1. The SMILES string of the molecule is O=C([O-])CNC(=O)c1ccncc1. The van der Waals surface area contributed by atoms with E-state index in [0.29, 0.717) is 5.56 Å². The van der Waals surface area contributed by atoms with E-state index in [0.717, 1.165) is 0 Å². The first-order valence-electron chi connectivity index (χ1n) is 3.58. The molecule has 13 heavy (non-hydrogen) atoms. The molecule has 1 amide bonds. The number of aromatic nitrogens is 1. The summed E-state index contributed by atoms with van der Waals surface area (Å²) in [5.74, 6) is -1.77. The molecule has 1 aromatic rings. The molecule has 0 unspecified atom stereocenters. The Kier molecular flexibility index (Phi) is 2.97. The first-order valence-corrected chi connectivity index (χ1v) is 3.58. The molecule has 0 saturated heterocycles. The largest absolute Gasteiger partial charge is 0.548 e. The molecular weight excluding hydrogens is 172 g/mol. The van der Waals surface area contributed by atoms with Crippen LogP contribution in [0.25, 0.3) is 0 Å². The highest BCUT2D eigenvalue weighted by Crippen LogP contribution is 1.94. The van der Waals surface area contributed by atoms with E-state index in [1.165, 1.54) is 24.5 Å². The van der Waals surface area contributed by atoms with Gasteiger partial charge in [-0.1, -0.05) is 0 Å². The summed E-state index contributed by atoms with van der Waals surface area (Å²) in [6.45, 7) is -0.485. The molecule has 0 atom stereocenters. The average molecular weight is 179 g/mol. The van der Waals surface area contributed by atoms with Gasteiger partial charge in [0.2, 0.25) is 0 Å². The fraction of sp³-hybridized carbons (Fsp3) is 0.125. The lowest BCUT2D eigenvalue weighted by Crippen LogP contribution is -2.37. The second kappa shape index (κ2) is 4.20. The summed E-state index contributed by atoms with van der Waals surface area (Å²) in [6.07, 6.45) is 2.90. The number of nitrogens with zero attached hydrogens (tertiary/aromatic N) is 1. The van der Waals surface area contributed by atoms with E-state index in [4.69, 9.17) is 0 Å². The summed E-state index contributed by atoms with van der Waals surface area (Å²) in [5, 5.41) is 12.2. The van der Waals surface area contributed by atoms with Crippen LogP contribution in [0.5, 0.6) is 0 Å². The van der Waals surface area contributed by atoms with Crippen molar-refractivity contribution in [3.8, 4) is 0 Å². The van der Waals surface area contributed by atoms with Crippen molar-refractivity contribution in [1.82, 2.24) is 10.3 Å². The van der Waals surface area contributed by atoms with E-state index < -0.39 is 18.4 Å². The van der Waals surface area contributed by atoms with Crippen LogP contribution in [0.2, 0.25) is 0 Å². The lowest BCUT2D eigenvalue weighted by atomic mass is 10.2. The van der Waals surface area contributed by atoms with Gasteiger partial charge in [0, 0.05) is 18.0 Å². The van der Waals surface area contributed by atoms with Crippen LogP contribution in [0, 0.1) is 0 Å². The molecule has 0 aliphatic rings. The molecule has 5 heteroatoms. The van der Waals surface area contributed by atoms with Crippen molar-refractivity contribution in [1.29, 1.82) is 0 Å². The van der Waals surface area contributed by atoms with Crippen molar-refractivity contribution >= 4 is 11.9 Å². The Balaban J connectivity index is 2.54. The maximum absolute atomic E-state index is 11.1. The number of carbonyl (C=O) groups is 2. The van der Waals surface area contributed by atoms with Gasteiger partial charge in [-0.3, -0.25) is 9.78 Å². The first-order chi connectivity index (χ1) is 6.20. The molecule has 1 rings (SSSR count). The molecule has 0 fully saturated rings. The third-order valence-electron chi connectivity index (χ3n) is 1.34. The Morgan fingerprint density at radius 2 is 2.00 bits per heavy atom. The van der Waals surface area contributed by atoms with E-state index in [1.807, 2.05) is 0 Å². The molecule has 1 heterocycles. The molecular formula is C8H7N2O3-. The molecule has 0 bridgehead atoms. The van der Waals surface area contributed by atoms with Gasteiger partial charge >= 0.3 is 0 Å². The lowest BCUT2D eigenvalue weighted by Gasteiger charge is -2.04. The van der Waals surface area contributed by atoms with Crippen LogP contribution in [0.1, 0.15) is 10.4 Å². The molecule has 1 aromatic heterocycles. The van der Waals surface area contributed by atoms with Crippen LogP contribution in [0.15, 0.2) is 24.5 Å².